The van der Waals surface area contributed by atoms with Gasteiger partial charge in [0, 0.05) is 24.0 Å². The molecule has 0 aliphatic carbocycles. The van der Waals surface area contributed by atoms with Crippen LogP contribution in [0.25, 0.3) is 11.5 Å². The molecular formula is C21H16ClFN4O. The van der Waals surface area contributed by atoms with E-state index in [1.54, 1.807) is 33.5 Å². The SMILES string of the molecule is O=C(NCc1cccc(Cl)c1)c1cnn(-c2ccc(F)cc2)c1-n1cccc1. The normalized spacial score (nSPS) is 10.8. The van der Waals surface area contributed by atoms with Crippen molar-refractivity contribution in [1.82, 2.24) is 19.7 Å². The van der Waals surface area contributed by atoms with Gasteiger partial charge >= 0.3 is 0 Å². The summed E-state index contributed by atoms with van der Waals surface area (Å²) in [5.41, 5.74) is 1.95. The van der Waals surface area contributed by atoms with Crippen molar-refractivity contribution in [2.75, 3.05) is 0 Å². The standard InChI is InChI=1S/C21H16ClFN4O/c22-16-5-3-4-15(12-16)13-24-20(28)19-14-25-27(18-8-6-17(23)7-9-18)21(19)26-10-1-2-11-26/h1-12,14H,13H2,(H,24,28). The molecule has 7 heteroatoms. The van der Waals surface area contributed by atoms with Crippen molar-refractivity contribution in [1.29, 1.82) is 0 Å². The van der Waals surface area contributed by atoms with Crippen LogP contribution in [0.15, 0.2) is 79.3 Å². The summed E-state index contributed by atoms with van der Waals surface area (Å²) in [6.45, 7) is 0.340. The molecule has 0 aliphatic rings. The van der Waals surface area contributed by atoms with Crippen LogP contribution < -0.4 is 5.32 Å². The van der Waals surface area contributed by atoms with Gasteiger partial charge in [-0.25, -0.2) is 9.07 Å². The molecule has 1 amide bonds. The lowest BCUT2D eigenvalue weighted by Gasteiger charge is -2.11. The largest absolute Gasteiger partial charge is 0.348 e. The van der Waals surface area contributed by atoms with E-state index in [9.17, 15) is 9.18 Å². The minimum atomic E-state index is -0.335. The second-order valence-electron chi connectivity index (χ2n) is 6.17. The predicted molar refractivity (Wildman–Crippen MR) is 105 cm³/mol. The van der Waals surface area contributed by atoms with Crippen molar-refractivity contribution in [3.8, 4) is 11.5 Å². The minimum absolute atomic E-state index is 0.267. The van der Waals surface area contributed by atoms with Gasteiger partial charge in [-0.1, -0.05) is 23.7 Å². The van der Waals surface area contributed by atoms with Crippen LogP contribution in [0.5, 0.6) is 0 Å². The van der Waals surface area contributed by atoms with Gasteiger partial charge in [0.15, 0.2) is 5.82 Å². The predicted octanol–water partition coefficient (Wildman–Crippen LogP) is 4.39. The first-order valence-corrected chi connectivity index (χ1v) is 8.99. The molecule has 0 radical (unpaired) electrons. The van der Waals surface area contributed by atoms with E-state index in [1.165, 1.54) is 18.3 Å². The summed E-state index contributed by atoms with van der Waals surface area (Å²) < 4.78 is 16.7. The molecule has 0 bridgehead atoms. The van der Waals surface area contributed by atoms with Crippen LogP contribution >= 0.6 is 11.6 Å². The highest BCUT2D eigenvalue weighted by molar-refractivity contribution is 6.30. The van der Waals surface area contributed by atoms with Crippen LogP contribution in [0.4, 0.5) is 4.39 Å². The number of hydrogen-bond acceptors (Lipinski definition) is 2. The van der Waals surface area contributed by atoms with Crippen molar-refractivity contribution in [3.63, 3.8) is 0 Å². The van der Waals surface area contributed by atoms with Gasteiger partial charge in [-0.2, -0.15) is 5.10 Å². The highest BCUT2D eigenvalue weighted by Crippen LogP contribution is 2.20. The number of aromatic nitrogens is 3. The van der Waals surface area contributed by atoms with Gasteiger partial charge in [-0.05, 0) is 54.1 Å². The lowest BCUT2D eigenvalue weighted by atomic mass is 10.2. The number of carbonyl (C=O) groups is 1. The Labute approximate surface area is 166 Å². The number of nitrogens with zero attached hydrogens (tertiary/aromatic N) is 3. The molecule has 0 aliphatic heterocycles. The van der Waals surface area contributed by atoms with Gasteiger partial charge in [0.2, 0.25) is 0 Å². The molecular weight excluding hydrogens is 379 g/mol. The first kappa shape index (κ1) is 18.0. The van der Waals surface area contributed by atoms with Crippen LogP contribution in [0.1, 0.15) is 15.9 Å². The second kappa shape index (κ2) is 7.70. The zero-order valence-electron chi connectivity index (χ0n) is 14.7. The van der Waals surface area contributed by atoms with E-state index in [2.05, 4.69) is 10.4 Å². The first-order valence-electron chi connectivity index (χ1n) is 8.62. The summed E-state index contributed by atoms with van der Waals surface area (Å²) in [5.74, 6) is -0.0323. The number of halogens is 2. The number of rotatable bonds is 5. The summed E-state index contributed by atoms with van der Waals surface area (Å²) in [7, 11) is 0. The molecule has 140 valence electrons. The highest BCUT2D eigenvalue weighted by Gasteiger charge is 2.19. The summed E-state index contributed by atoms with van der Waals surface area (Å²) in [4.78, 5) is 12.8. The van der Waals surface area contributed by atoms with Crippen LogP contribution in [-0.4, -0.2) is 20.3 Å². The van der Waals surface area contributed by atoms with E-state index in [-0.39, 0.29) is 11.7 Å². The fourth-order valence-electron chi connectivity index (χ4n) is 2.92. The summed E-state index contributed by atoms with van der Waals surface area (Å²) in [6, 6.07) is 17.0. The molecule has 28 heavy (non-hydrogen) atoms. The Hall–Kier alpha value is -3.38. The number of carbonyl (C=O) groups excluding carboxylic acids is 1. The first-order chi connectivity index (χ1) is 13.6. The quantitative estimate of drug-likeness (QED) is 0.546. The Morgan fingerprint density at radius 3 is 2.54 bits per heavy atom. The third-order valence-corrected chi connectivity index (χ3v) is 4.49. The Morgan fingerprint density at radius 2 is 1.82 bits per heavy atom. The molecule has 2 heterocycles. The Balaban J connectivity index is 1.67. The molecule has 2 aromatic carbocycles. The number of hydrogen-bond donors (Lipinski definition) is 1. The second-order valence-corrected chi connectivity index (χ2v) is 6.61. The maximum atomic E-state index is 13.3. The van der Waals surface area contributed by atoms with Crippen molar-refractivity contribution < 1.29 is 9.18 Å². The van der Waals surface area contributed by atoms with Gasteiger partial charge in [0.25, 0.3) is 5.91 Å². The van der Waals surface area contributed by atoms with Gasteiger partial charge < -0.3 is 9.88 Å². The Kier molecular flexibility index (Phi) is 4.95. The minimum Gasteiger partial charge on any atom is -0.348 e. The Morgan fingerprint density at radius 1 is 1.07 bits per heavy atom. The lowest BCUT2D eigenvalue weighted by molar-refractivity contribution is 0.0951. The summed E-state index contributed by atoms with van der Waals surface area (Å²) in [5, 5.41) is 7.86. The molecule has 0 saturated carbocycles. The van der Waals surface area contributed by atoms with Crippen molar-refractivity contribution >= 4 is 17.5 Å². The molecule has 1 N–H and O–H groups in total. The smallest absolute Gasteiger partial charge is 0.256 e. The van der Waals surface area contributed by atoms with Gasteiger partial charge in [0.1, 0.15) is 11.4 Å². The zero-order valence-corrected chi connectivity index (χ0v) is 15.5. The lowest BCUT2D eigenvalue weighted by Crippen LogP contribution is -2.24. The summed E-state index contributed by atoms with van der Waals surface area (Å²) in [6.07, 6.45) is 5.15. The third-order valence-electron chi connectivity index (χ3n) is 4.25. The molecule has 0 fully saturated rings. The third kappa shape index (κ3) is 3.68. The van der Waals surface area contributed by atoms with Crippen molar-refractivity contribution in [2.24, 2.45) is 0 Å². The molecule has 0 spiro atoms. The van der Waals surface area contributed by atoms with Gasteiger partial charge in [-0.3, -0.25) is 4.79 Å². The average Bonchev–Trinajstić information content (AvgIpc) is 3.36. The molecule has 0 atom stereocenters. The molecule has 0 unspecified atom stereocenters. The summed E-state index contributed by atoms with van der Waals surface area (Å²) >= 11 is 6.00. The average molecular weight is 395 g/mol. The van der Waals surface area contributed by atoms with Gasteiger partial charge in [0.05, 0.1) is 11.9 Å². The van der Waals surface area contributed by atoms with E-state index in [0.717, 1.165) is 5.56 Å². The van der Waals surface area contributed by atoms with E-state index < -0.39 is 0 Å². The monoisotopic (exact) mass is 394 g/mol. The van der Waals surface area contributed by atoms with E-state index in [1.807, 2.05) is 36.7 Å². The van der Waals surface area contributed by atoms with E-state index >= 15 is 0 Å². The van der Waals surface area contributed by atoms with Crippen LogP contribution in [-0.2, 0) is 6.54 Å². The zero-order chi connectivity index (χ0) is 19.5. The van der Waals surface area contributed by atoms with E-state index in [0.29, 0.717) is 28.6 Å². The van der Waals surface area contributed by atoms with Crippen LogP contribution in [0, 0.1) is 5.82 Å². The fraction of sp³-hybridized carbons (Fsp3) is 0.0476. The topological polar surface area (TPSA) is 51.9 Å². The molecule has 4 rings (SSSR count). The molecule has 2 aromatic heterocycles. The van der Waals surface area contributed by atoms with E-state index in [4.69, 9.17) is 11.6 Å². The molecule has 0 saturated heterocycles. The van der Waals surface area contributed by atoms with Crippen molar-refractivity contribution in [3.05, 3.63) is 101 Å². The fourth-order valence-corrected chi connectivity index (χ4v) is 3.13. The Bertz CT molecular complexity index is 1100. The highest BCUT2D eigenvalue weighted by atomic mass is 35.5. The number of nitrogens with one attached hydrogen (secondary N) is 1. The van der Waals surface area contributed by atoms with Crippen molar-refractivity contribution in [2.45, 2.75) is 6.54 Å². The van der Waals surface area contributed by atoms with Crippen LogP contribution in [0.3, 0.4) is 0 Å². The van der Waals surface area contributed by atoms with Crippen LogP contribution in [0.2, 0.25) is 5.02 Å². The molecule has 5 nitrogen and oxygen atoms in total. The van der Waals surface area contributed by atoms with Gasteiger partial charge in [-0.15, -0.1) is 0 Å². The number of amides is 1. The number of benzene rings is 2. The maximum absolute atomic E-state index is 13.3. The maximum Gasteiger partial charge on any atom is 0.256 e. The molecule has 4 aromatic rings.